The molecule has 2 unspecified atom stereocenters. The van der Waals surface area contributed by atoms with Crippen molar-refractivity contribution in [3.63, 3.8) is 0 Å². The molecule has 0 amide bonds. The fraction of sp³-hybridized carbons (Fsp3) is 0.250. The zero-order valence-electron chi connectivity index (χ0n) is 14.5. The molecule has 0 aromatic heterocycles. The van der Waals surface area contributed by atoms with E-state index in [2.05, 4.69) is 6.58 Å². The summed E-state index contributed by atoms with van der Waals surface area (Å²) >= 11 is 0. The van der Waals surface area contributed by atoms with E-state index in [1.807, 2.05) is 68.4 Å². The van der Waals surface area contributed by atoms with Gasteiger partial charge in [-0.1, -0.05) is 61.5 Å². The van der Waals surface area contributed by atoms with Gasteiger partial charge in [0.2, 0.25) is 0 Å². The fourth-order valence-electron chi connectivity index (χ4n) is 2.00. The summed E-state index contributed by atoms with van der Waals surface area (Å²) in [5, 5.41) is 0. The number of carbonyl (C=O) groups is 1. The SMILES string of the molecule is C=CC(=O)C(C)Cc1ccccc1.Cc1ccc(S(C)=O)cc1.O. The quantitative estimate of drug-likeness (QED) is 0.777. The van der Waals surface area contributed by atoms with Crippen LogP contribution in [0.2, 0.25) is 0 Å². The minimum Gasteiger partial charge on any atom is -0.412 e. The molecule has 3 nitrogen and oxygen atoms in total. The Labute approximate surface area is 147 Å². The second kappa shape index (κ2) is 11.5. The normalized spacial score (nSPS) is 12.0. The summed E-state index contributed by atoms with van der Waals surface area (Å²) in [4.78, 5) is 12.1. The van der Waals surface area contributed by atoms with Crippen molar-refractivity contribution in [2.75, 3.05) is 6.26 Å². The van der Waals surface area contributed by atoms with Crippen LogP contribution < -0.4 is 0 Å². The third-order valence-electron chi connectivity index (χ3n) is 3.42. The van der Waals surface area contributed by atoms with Crippen molar-refractivity contribution in [1.82, 2.24) is 0 Å². The number of hydrogen-bond acceptors (Lipinski definition) is 2. The van der Waals surface area contributed by atoms with Crippen molar-refractivity contribution in [3.05, 3.63) is 78.4 Å². The van der Waals surface area contributed by atoms with Gasteiger partial charge in [0.15, 0.2) is 5.78 Å². The van der Waals surface area contributed by atoms with Crippen molar-refractivity contribution in [1.29, 1.82) is 0 Å². The lowest BCUT2D eigenvalue weighted by Gasteiger charge is -2.06. The van der Waals surface area contributed by atoms with Gasteiger partial charge in [-0.15, -0.1) is 0 Å². The van der Waals surface area contributed by atoms with Crippen molar-refractivity contribution in [2.45, 2.75) is 25.2 Å². The number of benzene rings is 2. The molecule has 0 bridgehead atoms. The van der Waals surface area contributed by atoms with Crippen LogP contribution >= 0.6 is 0 Å². The molecule has 0 radical (unpaired) electrons. The molecular formula is C20H26O3S. The van der Waals surface area contributed by atoms with E-state index in [1.165, 1.54) is 17.2 Å². The van der Waals surface area contributed by atoms with Crippen LogP contribution in [0.1, 0.15) is 18.1 Å². The third kappa shape index (κ3) is 7.99. The van der Waals surface area contributed by atoms with E-state index in [1.54, 1.807) is 6.26 Å². The van der Waals surface area contributed by atoms with Gasteiger partial charge in [0.1, 0.15) is 0 Å². The first-order valence-corrected chi connectivity index (χ1v) is 9.10. The molecule has 24 heavy (non-hydrogen) atoms. The largest absolute Gasteiger partial charge is 0.412 e. The van der Waals surface area contributed by atoms with Gasteiger partial charge in [-0.25, -0.2) is 0 Å². The summed E-state index contributed by atoms with van der Waals surface area (Å²) in [6, 6.07) is 17.7. The topological polar surface area (TPSA) is 65.6 Å². The maximum Gasteiger partial charge on any atom is 0.158 e. The number of allylic oxidation sites excluding steroid dienone is 1. The number of carbonyl (C=O) groups excluding carboxylic acids is 1. The summed E-state index contributed by atoms with van der Waals surface area (Å²) < 4.78 is 10.9. The van der Waals surface area contributed by atoms with Crippen LogP contribution in [0.15, 0.2) is 72.1 Å². The van der Waals surface area contributed by atoms with Crippen molar-refractivity contribution in [3.8, 4) is 0 Å². The Balaban J connectivity index is 0.000000436. The molecule has 0 saturated carbocycles. The van der Waals surface area contributed by atoms with Gasteiger partial charge in [-0.05, 0) is 37.1 Å². The lowest BCUT2D eigenvalue weighted by atomic mass is 9.97. The molecule has 0 spiro atoms. The highest BCUT2D eigenvalue weighted by atomic mass is 32.2. The number of ketones is 1. The maximum atomic E-state index is 11.2. The van der Waals surface area contributed by atoms with Gasteiger partial charge in [-0.2, -0.15) is 0 Å². The fourth-order valence-corrected chi connectivity index (χ4v) is 2.52. The first-order chi connectivity index (χ1) is 10.9. The van der Waals surface area contributed by atoms with Crippen molar-refractivity contribution >= 4 is 16.6 Å². The highest BCUT2D eigenvalue weighted by Crippen LogP contribution is 2.09. The number of hydrogen-bond donors (Lipinski definition) is 0. The van der Waals surface area contributed by atoms with Gasteiger partial charge in [0.25, 0.3) is 0 Å². The maximum absolute atomic E-state index is 11.2. The molecule has 2 N–H and O–H groups in total. The Bertz CT molecular complexity index is 648. The molecule has 2 aromatic rings. The van der Waals surface area contributed by atoms with E-state index >= 15 is 0 Å². The van der Waals surface area contributed by atoms with Gasteiger partial charge >= 0.3 is 0 Å². The number of aryl methyl sites for hydroxylation is 1. The van der Waals surface area contributed by atoms with Crippen LogP contribution in [-0.2, 0) is 22.0 Å². The summed E-state index contributed by atoms with van der Waals surface area (Å²) in [6.07, 6.45) is 3.88. The molecule has 0 heterocycles. The molecule has 0 aliphatic heterocycles. The number of rotatable bonds is 5. The molecule has 2 rings (SSSR count). The Hall–Kier alpha value is -2.04. The van der Waals surface area contributed by atoms with Gasteiger partial charge < -0.3 is 5.48 Å². The minimum absolute atomic E-state index is 0. The Morgan fingerprint density at radius 1 is 1.12 bits per heavy atom. The van der Waals surface area contributed by atoms with Gasteiger partial charge in [-0.3, -0.25) is 9.00 Å². The average molecular weight is 346 g/mol. The molecule has 4 heteroatoms. The molecule has 2 aromatic carbocycles. The van der Waals surface area contributed by atoms with Crippen molar-refractivity contribution in [2.24, 2.45) is 5.92 Å². The molecule has 2 atom stereocenters. The van der Waals surface area contributed by atoms with Gasteiger partial charge in [0, 0.05) is 27.9 Å². The Morgan fingerprint density at radius 3 is 2.12 bits per heavy atom. The predicted molar refractivity (Wildman–Crippen MR) is 102 cm³/mol. The van der Waals surface area contributed by atoms with E-state index in [-0.39, 0.29) is 17.2 Å². The third-order valence-corrected chi connectivity index (χ3v) is 4.36. The molecule has 0 saturated heterocycles. The van der Waals surface area contributed by atoms with Crippen LogP contribution in [-0.4, -0.2) is 21.7 Å². The first kappa shape index (κ1) is 22.0. The molecule has 130 valence electrons. The second-order valence-electron chi connectivity index (χ2n) is 5.46. The highest BCUT2D eigenvalue weighted by molar-refractivity contribution is 7.84. The monoisotopic (exact) mass is 346 g/mol. The average Bonchev–Trinajstić information content (AvgIpc) is 2.56. The van der Waals surface area contributed by atoms with E-state index in [0.717, 1.165) is 11.3 Å². The van der Waals surface area contributed by atoms with Crippen LogP contribution in [0.5, 0.6) is 0 Å². The summed E-state index contributed by atoms with van der Waals surface area (Å²) in [5.41, 5.74) is 2.40. The van der Waals surface area contributed by atoms with Crippen LogP contribution in [0.3, 0.4) is 0 Å². The Kier molecular flexibility index (Phi) is 10.5. The minimum atomic E-state index is -0.837. The van der Waals surface area contributed by atoms with Crippen LogP contribution in [0.4, 0.5) is 0 Å². The zero-order chi connectivity index (χ0) is 17.2. The predicted octanol–water partition coefficient (Wildman–Crippen LogP) is 3.53. The van der Waals surface area contributed by atoms with E-state index in [9.17, 15) is 9.00 Å². The standard InChI is InChI=1S/C12H14O.C8H10OS.H2O/c1-3-12(13)10(2)9-11-7-5-4-6-8-11;1-7-3-5-8(6-4-7)10(2)9;/h3-8,10H,1,9H2,2H3;3-6H,1-2H3;1H2. The van der Waals surface area contributed by atoms with E-state index in [4.69, 9.17) is 0 Å². The molecular weight excluding hydrogens is 320 g/mol. The summed E-state index contributed by atoms with van der Waals surface area (Å²) in [7, 11) is -0.837. The Morgan fingerprint density at radius 2 is 1.67 bits per heavy atom. The smallest absolute Gasteiger partial charge is 0.158 e. The lowest BCUT2D eigenvalue weighted by molar-refractivity contribution is -0.117. The highest BCUT2D eigenvalue weighted by Gasteiger charge is 2.09. The van der Waals surface area contributed by atoms with Crippen molar-refractivity contribution < 1.29 is 14.5 Å². The molecule has 0 aliphatic carbocycles. The molecule has 0 fully saturated rings. The second-order valence-corrected chi connectivity index (χ2v) is 6.84. The van der Waals surface area contributed by atoms with Crippen LogP contribution in [0, 0.1) is 12.8 Å². The van der Waals surface area contributed by atoms with E-state index in [0.29, 0.717) is 0 Å². The van der Waals surface area contributed by atoms with Gasteiger partial charge in [0.05, 0.1) is 0 Å². The summed E-state index contributed by atoms with van der Waals surface area (Å²) in [5.74, 6) is 0.156. The van der Waals surface area contributed by atoms with Crippen LogP contribution in [0.25, 0.3) is 0 Å². The zero-order valence-corrected chi connectivity index (χ0v) is 15.3. The summed E-state index contributed by atoms with van der Waals surface area (Å²) in [6.45, 7) is 7.42. The first-order valence-electron chi connectivity index (χ1n) is 7.54. The lowest BCUT2D eigenvalue weighted by Crippen LogP contribution is -2.10. The molecule has 0 aliphatic rings. The van der Waals surface area contributed by atoms with E-state index < -0.39 is 10.8 Å².